The summed E-state index contributed by atoms with van der Waals surface area (Å²) >= 11 is 0. The van der Waals surface area contributed by atoms with Crippen molar-refractivity contribution in [3.8, 4) is 11.1 Å². The second-order valence-corrected chi connectivity index (χ2v) is 7.01. The number of hydrogen-bond acceptors (Lipinski definition) is 3. The topological polar surface area (TPSA) is 66.8 Å². The summed E-state index contributed by atoms with van der Waals surface area (Å²) in [7, 11) is 0. The first-order chi connectivity index (χ1) is 12.6. The molecule has 0 atom stereocenters. The molecule has 0 saturated carbocycles. The van der Waals surface area contributed by atoms with E-state index in [4.69, 9.17) is 9.84 Å². The zero-order valence-corrected chi connectivity index (χ0v) is 14.4. The van der Waals surface area contributed by atoms with Crippen molar-refractivity contribution in [2.45, 2.75) is 18.8 Å². The SMILES string of the molecule is O=C(O)CCC1CN(C(=O)OCC2c3ccccc3-c3ccccc32)C1. The molecule has 5 heteroatoms. The Morgan fingerprint density at radius 1 is 1.00 bits per heavy atom. The number of rotatable bonds is 5. The fraction of sp³-hybridized carbons (Fsp3) is 0.333. The van der Waals surface area contributed by atoms with Crippen LogP contribution in [0.15, 0.2) is 48.5 Å². The number of hydrogen-bond donors (Lipinski definition) is 1. The average Bonchev–Trinajstić information content (AvgIpc) is 2.92. The Morgan fingerprint density at radius 2 is 1.58 bits per heavy atom. The van der Waals surface area contributed by atoms with Crippen LogP contribution in [-0.2, 0) is 9.53 Å². The van der Waals surface area contributed by atoms with Gasteiger partial charge in [-0.1, -0.05) is 48.5 Å². The summed E-state index contributed by atoms with van der Waals surface area (Å²) in [5.74, 6) is -0.452. The lowest BCUT2D eigenvalue weighted by Gasteiger charge is -2.38. The summed E-state index contributed by atoms with van der Waals surface area (Å²) in [4.78, 5) is 24.5. The van der Waals surface area contributed by atoms with Crippen LogP contribution in [0.4, 0.5) is 4.79 Å². The standard InChI is InChI=1S/C21H21NO4/c23-20(24)10-9-14-11-22(12-14)21(25)26-13-19-17-7-3-1-5-15(17)16-6-2-4-8-18(16)19/h1-8,14,19H,9-13H2,(H,23,24). The Balaban J connectivity index is 1.37. The minimum Gasteiger partial charge on any atom is -0.481 e. The molecule has 0 aromatic heterocycles. The van der Waals surface area contributed by atoms with Crippen molar-refractivity contribution in [1.29, 1.82) is 0 Å². The van der Waals surface area contributed by atoms with Gasteiger partial charge in [0, 0.05) is 25.4 Å². The number of carbonyl (C=O) groups excluding carboxylic acids is 1. The van der Waals surface area contributed by atoms with Crippen LogP contribution in [0.5, 0.6) is 0 Å². The second-order valence-electron chi connectivity index (χ2n) is 7.01. The number of likely N-dealkylation sites (tertiary alicyclic amines) is 1. The van der Waals surface area contributed by atoms with E-state index in [1.807, 2.05) is 24.3 Å². The van der Waals surface area contributed by atoms with E-state index in [0.717, 1.165) is 0 Å². The molecule has 5 nitrogen and oxygen atoms in total. The van der Waals surface area contributed by atoms with Crippen molar-refractivity contribution in [3.05, 3.63) is 59.7 Å². The lowest BCUT2D eigenvalue weighted by Crippen LogP contribution is -2.50. The van der Waals surface area contributed by atoms with Gasteiger partial charge in [-0.05, 0) is 34.6 Å². The zero-order chi connectivity index (χ0) is 18.1. The summed E-state index contributed by atoms with van der Waals surface area (Å²) in [6, 6.07) is 16.5. The molecular formula is C21H21NO4. The number of ether oxygens (including phenoxy) is 1. The van der Waals surface area contributed by atoms with Crippen LogP contribution in [0.1, 0.15) is 29.9 Å². The summed E-state index contributed by atoms with van der Waals surface area (Å²) in [5.41, 5.74) is 4.82. The molecule has 2 aromatic rings. The van der Waals surface area contributed by atoms with E-state index in [9.17, 15) is 9.59 Å². The number of carboxylic acid groups (broad SMARTS) is 1. The van der Waals surface area contributed by atoms with E-state index in [1.54, 1.807) is 4.90 Å². The third kappa shape index (κ3) is 3.05. The fourth-order valence-corrected chi connectivity index (χ4v) is 3.91. The highest BCUT2D eigenvalue weighted by atomic mass is 16.6. The predicted molar refractivity (Wildman–Crippen MR) is 97.0 cm³/mol. The molecule has 2 aromatic carbocycles. The molecule has 0 bridgehead atoms. The number of carbonyl (C=O) groups is 2. The maximum absolute atomic E-state index is 12.3. The quantitative estimate of drug-likeness (QED) is 0.891. The third-order valence-corrected chi connectivity index (χ3v) is 5.32. The van der Waals surface area contributed by atoms with Gasteiger partial charge in [-0.3, -0.25) is 4.79 Å². The maximum Gasteiger partial charge on any atom is 0.409 e. The Hall–Kier alpha value is -2.82. The molecule has 0 radical (unpaired) electrons. The van der Waals surface area contributed by atoms with Crippen LogP contribution in [0.3, 0.4) is 0 Å². The first-order valence-corrected chi connectivity index (χ1v) is 8.95. The fourth-order valence-electron chi connectivity index (χ4n) is 3.91. The Kier molecular flexibility index (Phi) is 4.37. The summed E-state index contributed by atoms with van der Waals surface area (Å²) in [5, 5.41) is 8.72. The summed E-state index contributed by atoms with van der Waals surface area (Å²) in [6.07, 6.45) is 0.463. The van der Waals surface area contributed by atoms with E-state index in [-0.39, 0.29) is 24.3 Å². The van der Waals surface area contributed by atoms with Crippen molar-refractivity contribution in [1.82, 2.24) is 4.90 Å². The van der Waals surface area contributed by atoms with Crippen molar-refractivity contribution in [2.24, 2.45) is 5.92 Å². The van der Waals surface area contributed by atoms with Crippen LogP contribution in [0.2, 0.25) is 0 Å². The maximum atomic E-state index is 12.3. The summed E-state index contributed by atoms with van der Waals surface area (Å²) in [6.45, 7) is 1.50. The average molecular weight is 351 g/mol. The van der Waals surface area contributed by atoms with E-state index in [2.05, 4.69) is 24.3 Å². The van der Waals surface area contributed by atoms with Gasteiger partial charge < -0.3 is 14.7 Å². The molecule has 1 aliphatic carbocycles. The summed E-state index contributed by atoms with van der Waals surface area (Å²) < 4.78 is 5.59. The van der Waals surface area contributed by atoms with Crippen molar-refractivity contribution < 1.29 is 19.4 Å². The molecule has 1 aliphatic heterocycles. The molecule has 4 rings (SSSR count). The van der Waals surface area contributed by atoms with Crippen LogP contribution < -0.4 is 0 Å². The van der Waals surface area contributed by atoms with E-state index >= 15 is 0 Å². The van der Waals surface area contributed by atoms with Gasteiger partial charge in [0.15, 0.2) is 0 Å². The highest BCUT2D eigenvalue weighted by molar-refractivity contribution is 5.79. The zero-order valence-electron chi connectivity index (χ0n) is 14.4. The van der Waals surface area contributed by atoms with E-state index < -0.39 is 5.97 Å². The molecule has 1 heterocycles. The van der Waals surface area contributed by atoms with Crippen LogP contribution >= 0.6 is 0 Å². The number of nitrogens with zero attached hydrogens (tertiary/aromatic N) is 1. The van der Waals surface area contributed by atoms with Gasteiger partial charge in [-0.15, -0.1) is 0 Å². The van der Waals surface area contributed by atoms with Gasteiger partial charge in [0.2, 0.25) is 0 Å². The Morgan fingerprint density at radius 3 is 2.15 bits per heavy atom. The molecule has 1 N–H and O–H groups in total. The largest absolute Gasteiger partial charge is 0.481 e. The van der Waals surface area contributed by atoms with Gasteiger partial charge in [0.05, 0.1) is 0 Å². The Labute approximate surface area is 152 Å². The second kappa shape index (κ2) is 6.83. The molecule has 0 unspecified atom stereocenters. The normalized spacial score (nSPS) is 15.9. The number of benzene rings is 2. The molecular weight excluding hydrogens is 330 g/mol. The number of amides is 1. The molecule has 1 fully saturated rings. The van der Waals surface area contributed by atoms with Crippen molar-refractivity contribution >= 4 is 12.1 Å². The van der Waals surface area contributed by atoms with Gasteiger partial charge in [-0.25, -0.2) is 4.79 Å². The third-order valence-electron chi connectivity index (χ3n) is 5.32. The monoisotopic (exact) mass is 351 g/mol. The smallest absolute Gasteiger partial charge is 0.409 e. The molecule has 134 valence electrons. The molecule has 2 aliphatic rings. The van der Waals surface area contributed by atoms with Gasteiger partial charge in [0.25, 0.3) is 0 Å². The van der Waals surface area contributed by atoms with Gasteiger partial charge in [0.1, 0.15) is 6.61 Å². The number of aliphatic carboxylic acids is 1. The molecule has 26 heavy (non-hydrogen) atoms. The van der Waals surface area contributed by atoms with E-state index in [0.29, 0.717) is 26.1 Å². The van der Waals surface area contributed by atoms with Gasteiger partial charge >= 0.3 is 12.1 Å². The van der Waals surface area contributed by atoms with Crippen molar-refractivity contribution in [3.63, 3.8) is 0 Å². The molecule has 0 spiro atoms. The molecule has 1 saturated heterocycles. The number of fused-ring (bicyclic) bond motifs is 3. The lowest BCUT2D eigenvalue weighted by atomic mass is 9.95. The predicted octanol–water partition coefficient (Wildman–Crippen LogP) is 3.73. The number of carboxylic acids is 1. The van der Waals surface area contributed by atoms with Crippen LogP contribution in [-0.4, -0.2) is 41.8 Å². The Bertz CT molecular complexity index is 796. The highest BCUT2D eigenvalue weighted by Crippen LogP contribution is 2.44. The lowest BCUT2D eigenvalue weighted by molar-refractivity contribution is -0.137. The first-order valence-electron chi connectivity index (χ1n) is 8.95. The minimum absolute atomic E-state index is 0.0652. The highest BCUT2D eigenvalue weighted by Gasteiger charge is 2.34. The van der Waals surface area contributed by atoms with Crippen LogP contribution in [0.25, 0.3) is 11.1 Å². The minimum atomic E-state index is -0.787. The van der Waals surface area contributed by atoms with Crippen LogP contribution in [0, 0.1) is 5.92 Å². The van der Waals surface area contributed by atoms with Crippen molar-refractivity contribution in [2.75, 3.05) is 19.7 Å². The first kappa shape index (κ1) is 16.6. The van der Waals surface area contributed by atoms with Gasteiger partial charge in [-0.2, -0.15) is 0 Å². The molecule has 1 amide bonds. The van der Waals surface area contributed by atoms with E-state index in [1.165, 1.54) is 22.3 Å².